The second-order valence-corrected chi connectivity index (χ2v) is 7.17. The van der Waals surface area contributed by atoms with E-state index >= 15 is 0 Å². The van der Waals surface area contributed by atoms with Gasteiger partial charge in [-0.1, -0.05) is 13.0 Å². The lowest BCUT2D eigenvalue weighted by Crippen LogP contribution is -2.47. The lowest BCUT2D eigenvalue weighted by Gasteiger charge is -2.20. The summed E-state index contributed by atoms with van der Waals surface area (Å²) < 4.78 is 32.2. The summed E-state index contributed by atoms with van der Waals surface area (Å²) in [6, 6.07) is 5.18. The highest BCUT2D eigenvalue weighted by atomic mass is 32.2. The molecule has 2 rings (SSSR count). The highest BCUT2D eigenvalue weighted by Gasteiger charge is 2.47. The van der Waals surface area contributed by atoms with Crippen LogP contribution >= 0.6 is 0 Å². The molecular formula is C14H22N4O4S. The molecule has 1 aromatic heterocycles. The molecule has 1 saturated heterocycles. The number of nitrogens with one attached hydrogen (secondary N) is 3. The van der Waals surface area contributed by atoms with Gasteiger partial charge in [0, 0.05) is 30.9 Å². The topological polar surface area (TPSA) is 109 Å². The number of ether oxygens (including phenoxy) is 1. The molecule has 23 heavy (non-hydrogen) atoms. The Morgan fingerprint density at radius 2 is 2.17 bits per heavy atom. The Labute approximate surface area is 136 Å². The molecule has 8 nitrogen and oxygen atoms in total. The van der Waals surface area contributed by atoms with Crippen molar-refractivity contribution in [1.29, 1.82) is 0 Å². The summed E-state index contributed by atoms with van der Waals surface area (Å²) in [5, 5.41) is -1.07. The Bertz CT molecular complexity index is 623. The van der Waals surface area contributed by atoms with Crippen molar-refractivity contribution in [2.24, 2.45) is 5.92 Å². The number of hydrogen-bond acceptors (Lipinski definition) is 7. The predicted octanol–water partition coefficient (Wildman–Crippen LogP) is -0.455. The number of aromatic nitrogens is 1. The van der Waals surface area contributed by atoms with E-state index in [9.17, 15) is 13.2 Å². The van der Waals surface area contributed by atoms with Crippen LogP contribution in [0.4, 0.5) is 0 Å². The molecule has 3 unspecified atom stereocenters. The number of pyridine rings is 1. The first-order valence-electron chi connectivity index (χ1n) is 7.47. The number of nitrogens with zero attached hydrogens (tertiary/aromatic N) is 1. The van der Waals surface area contributed by atoms with Crippen molar-refractivity contribution >= 4 is 16.0 Å². The summed E-state index contributed by atoms with van der Waals surface area (Å²) in [7, 11) is -2.47. The van der Waals surface area contributed by atoms with Gasteiger partial charge in [-0.05, 0) is 18.6 Å². The first kappa shape index (κ1) is 17.8. The molecule has 0 aliphatic carbocycles. The Hall–Kier alpha value is -1.55. The number of rotatable bonds is 7. The number of hydrogen-bond donors (Lipinski definition) is 3. The van der Waals surface area contributed by atoms with Crippen LogP contribution in [0.3, 0.4) is 0 Å². The summed E-state index contributed by atoms with van der Waals surface area (Å²) in [5.41, 5.74) is 6.34. The molecule has 2 heterocycles. The van der Waals surface area contributed by atoms with Crippen molar-refractivity contribution in [2.45, 2.75) is 31.2 Å². The molecule has 0 amide bonds. The first-order valence-corrected chi connectivity index (χ1v) is 9.01. The molecular weight excluding hydrogens is 320 g/mol. The quantitative estimate of drug-likeness (QED) is 0.576. The SMILES string of the molecule is CCC1NNC(S(=O)(=O)NCCc2ccccn2)C1C(=O)OC. The van der Waals surface area contributed by atoms with Gasteiger partial charge >= 0.3 is 5.97 Å². The maximum Gasteiger partial charge on any atom is 0.313 e. The Balaban J connectivity index is 2.01. The van der Waals surface area contributed by atoms with E-state index in [-0.39, 0.29) is 12.6 Å². The van der Waals surface area contributed by atoms with Gasteiger partial charge in [0.2, 0.25) is 10.0 Å². The monoisotopic (exact) mass is 342 g/mol. The van der Waals surface area contributed by atoms with Gasteiger partial charge in [0.15, 0.2) is 5.37 Å². The van der Waals surface area contributed by atoms with Gasteiger partial charge in [-0.15, -0.1) is 0 Å². The van der Waals surface area contributed by atoms with E-state index in [2.05, 4.69) is 20.6 Å². The van der Waals surface area contributed by atoms with Crippen LogP contribution in [0.1, 0.15) is 19.0 Å². The molecule has 1 aliphatic rings. The van der Waals surface area contributed by atoms with Crippen LogP contribution in [0, 0.1) is 5.92 Å². The Kier molecular flexibility index (Phi) is 6.05. The van der Waals surface area contributed by atoms with Crippen molar-refractivity contribution in [3.8, 4) is 0 Å². The average Bonchev–Trinajstić information content (AvgIpc) is 3.00. The van der Waals surface area contributed by atoms with Gasteiger partial charge in [0.05, 0.1) is 7.11 Å². The molecule has 3 N–H and O–H groups in total. The number of hydrazine groups is 1. The maximum absolute atomic E-state index is 12.5. The molecule has 1 aliphatic heterocycles. The summed E-state index contributed by atoms with van der Waals surface area (Å²) in [6.45, 7) is 2.08. The highest BCUT2D eigenvalue weighted by Crippen LogP contribution is 2.22. The highest BCUT2D eigenvalue weighted by molar-refractivity contribution is 7.90. The fraction of sp³-hybridized carbons (Fsp3) is 0.571. The van der Waals surface area contributed by atoms with Gasteiger partial charge in [0.25, 0.3) is 0 Å². The zero-order valence-corrected chi connectivity index (χ0v) is 14.0. The van der Waals surface area contributed by atoms with E-state index in [4.69, 9.17) is 4.74 Å². The van der Waals surface area contributed by atoms with Crippen LogP contribution in [0.5, 0.6) is 0 Å². The van der Waals surface area contributed by atoms with Gasteiger partial charge in [-0.2, -0.15) is 0 Å². The molecule has 3 atom stereocenters. The molecule has 0 bridgehead atoms. The Morgan fingerprint density at radius 1 is 1.39 bits per heavy atom. The van der Waals surface area contributed by atoms with E-state index in [1.165, 1.54) is 7.11 Å². The van der Waals surface area contributed by atoms with Crippen molar-refractivity contribution < 1.29 is 17.9 Å². The van der Waals surface area contributed by atoms with Crippen molar-refractivity contribution in [3.63, 3.8) is 0 Å². The summed E-state index contributed by atoms with van der Waals surface area (Å²) in [4.78, 5) is 16.1. The maximum atomic E-state index is 12.5. The summed E-state index contributed by atoms with van der Waals surface area (Å²) in [5.74, 6) is -1.34. The lowest BCUT2D eigenvalue weighted by atomic mass is 10.00. The number of carbonyl (C=O) groups excluding carboxylic acids is 1. The molecule has 0 radical (unpaired) electrons. The van der Waals surface area contributed by atoms with E-state index in [1.54, 1.807) is 12.3 Å². The van der Waals surface area contributed by atoms with E-state index in [0.717, 1.165) is 5.69 Å². The van der Waals surface area contributed by atoms with Crippen LogP contribution in [-0.2, 0) is 26.0 Å². The van der Waals surface area contributed by atoms with Gasteiger partial charge in [0.1, 0.15) is 5.92 Å². The number of carbonyl (C=O) groups is 1. The van der Waals surface area contributed by atoms with Crippen LogP contribution in [0.25, 0.3) is 0 Å². The fourth-order valence-electron chi connectivity index (χ4n) is 2.59. The zero-order chi connectivity index (χ0) is 16.9. The van der Waals surface area contributed by atoms with E-state index < -0.39 is 27.3 Å². The Morgan fingerprint density at radius 3 is 2.78 bits per heavy atom. The third kappa shape index (κ3) is 4.25. The smallest absolute Gasteiger partial charge is 0.313 e. The zero-order valence-electron chi connectivity index (χ0n) is 13.2. The molecule has 0 aromatic carbocycles. The summed E-state index contributed by atoms with van der Waals surface area (Å²) >= 11 is 0. The first-order chi connectivity index (χ1) is 11.0. The molecule has 0 spiro atoms. The predicted molar refractivity (Wildman–Crippen MR) is 84.5 cm³/mol. The molecule has 128 valence electrons. The molecule has 9 heteroatoms. The van der Waals surface area contributed by atoms with Crippen LogP contribution in [0.2, 0.25) is 0 Å². The van der Waals surface area contributed by atoms with Crippen molar-refractivity contribution in [2.75, 3.05) is 13.7 Å². The van der Waals surface area contributed by atoms with Crippen LogP contribution < -0.4 is 15.6 Å². The average molecular weight is 342 g/mol. The summed E-state index contributed by atoms with van der Waals surface area (Å²) in [6.07, 6.45) is 2.73. The fourth-order valence-corrected chi connectivity index (χ4v) is 4.06. The van der Waals surface area contributed by atoms with E-state index in [1.807, 2.05) is 19.1 Å². The number of esters is 1. The third-order valence-corrected chi connectivity index (χ3v) is 5.51. The minimum Gasteiger partial charge on any atom is -0.469 e. The molecule has 1 aromatic rings. The number of sulfonamides is 1. The standard InChI is InChI=1S/C14H22N4O4S/c1-3-11-12(14(19)22-2)13(18-17-11)23(20,21)16-9-7-10-6-4-5-8-15-10/h4-6,8,11-13,16-18H,3,7,9H2,1-2H3. The van der Waals surface area contributed by atoms with Crippen molar-refractivity contribution in [1.82, 2.24) is 20.6 Å². The molecule has 1 fully saturated rings. The molecule has 0 saturated carbocycles. The minimum absolute atomic E-state index is 0.211. The normalized spacial score (nSPS) is 24.5. The van der Waals surface area contributed by atoms with E-state index in [0.29, 0.717) is 12.8 Å². The second kappa shape index (κ2) is 7.82. The number of methoxy groups -OCH3 is 1. The lowest BCUT2D eigenvalue weighted by molar-refractivity contribution is -0.145. The van der Waals surface area contributed by atoms with Gasteiger partial charge < -0.3 is 4.74 Å². The second-order valence-electron chi connectivity index (χ2n) is 5.28. The minimum atomic E-state index is -3.73. The largest absolute Gasteiger partial charge is 0.469 e. The van der Waals surface area contributed by atoms with Crippen LogP contribution in [-0.4, -0.2) is 44.4 Å². The third-order valence-electron chi connectivity index (χ3n) is 3.83. The van der Waals surface area contributed by atoms with Crippen molar-refractivity contribution in [3.05, 3.63) is 30.1 Å². The van der Waals surface area contributed by atoms with Gasteiger partial charge in [-0.3, -0.25) is 15.2 Å². The van der Waals surface area contributed by atoms with Gasteiger partial charge in [-0.25, -0.2) is 18.6 Å². The van der Waals surface area contributed by atoms with Crippen LogP contribution in [0.15, 0.2) is 24.4 Å².